The van der Waals surface area contributed by atoms with Gasteiger partial charge in [0, 0.05) is 17.6 Å². The SMILES string of the molecule is CC(NCCOCC(F)(F)F)c1ccc(Cl)cc1. The first-order chi connectivity index (χ1) is 8.38. The molecule has 1 N–H and O–H groups in total. The molecule has 0 saturated carbocycles. The number of halogens is 4. The molecule has 1 atom stereocenters. The van der Waals surface area contributed by atoms with Crippen molar-refractivity contribution in [2.24, 2.45) is 0 Å². The molecule has 0 aromatic heterocycles. The quantitative estimate of drug-likeness (QED) is 0.805. The number of ether oxygens (including phenoxy) is 1. The van der Waals surface area contributed by atoms with Gasteiger partial charge in [-0.1, -0.05) is 23.7 Å². The molecule has 0 aliphatic heterocycles. The van der Waals surface area contributed by atoms with Gasteiger partial charge in [0.1, 0.15) is 6.61 Å². The van der Waals surface area contributed by atoms with E-state index in [1.807, 2.05) is 19.1 Å². The van der Waals surface area contributed by atoms with Gasteiger partial charge in [0.15, 0.2) is 0 Å². The van der Waals surface area contributed by atoms with Crippen LogP contribution >= 0.6 is 11.6 Å². The van der Waals surface area contributed by atoms with Crippen molar-refractivity contribution in [2.45, 2.75) is 19.1 Å². The molecule has 0 amide bonds. The summed E-state index contributed by atoms with van der Waals surface area (Å²) in [6, 6.07) is 7.33. The van der Waals surface area contributed by atoms with E-state index in [1.165, 1.54) is 0 Å². The molecule has 6 heteroatoms. The van der Waals surface area contributed by atoms with Gasteiger partial charge < -0.3 is 10.1 Å². The van der Waals surface area contributed by atoms with Crippen LogP contribution in [-0.2, 0) is 4.74 Å². The first-order valence-electron chi connectivity index (χ1n) is 5.52. The highest BCUT2D eigenvalue weighted by atomic mass is 35.5. The van der Waals surface area contributed by atoms with Crippen LogP contribution in [0.25, 0.3) is 0 Å². The van der Waals surface area contributed by atoms with Gasteiger partial charge in [-0.2, -0.15) is 13.2 Å². The normalized spacial score (nSPS) is 13.6. The predicted molar refractivity (Wildman–Crippen MR) is 64.7 cm³/mol. The van der Waals surface area contributed by atoms with E-state index < -0.39 is 12.8 Å². The Labute approximate surface area is 109 Å². The van der Waals surface area contributed by atoms with Crippen molar-refractivity contribution < 1.29 is 17.9 Å². The summed E-state index contributed by atoms with van der Waals surface area (Å²) in [5.41, 5.74) is 1.02. The summed E-state index contributed by atoms with van der Waals surface area (Å²) in [6.07, 6.45) is -4.26. The second-order valence-corrected chi connectivity index (χ2v) is 4.33. The highest BCUT2D eigenvalue weighted by Gasteiger charge is 2.27. The maximum absolute atomic E-state index is 11.8. The number of rotatable bonds is 6. The maximum atomic E-state index is 11.8. The fourth-order valence-corrected chi connectivity index (χ4v) is 1.53. The lowest BCUT2D eigenvalue weighted by molar-refractivity contribution is -0.173. The number of hydrogen-bond acceptors (Lipinski definition) is 2. The van der Waals surface area contributed by atoms with Gasteiger partial charge in [-0.25, -0.2) is 0 Å². The van der Waals surface area contributed by atoms with Crippen LogP contribution in [0.4, 0.5) is 13.2 Å². The van der Waals surface area contributed by atoms with Crippen LogP contribution in [-0.4, -0.2) is 25.9 Å². The van der Waals surface area contributed by atoms with Crippen LogP contribution in [0.15, 0.2) is 24.3 Å². The Bertz CT molecular complexity index is 353. The van der Waals surface area contributed by atoms with E-state index in [9.17, 15) is 13.2 Å². The monoisotopic (exact) mass is 281 g/mol. The molecule has 1 unspecified atom stereocenters. The summed E-state index contributed by atoms with van der Waals surface area (Å²) < 4.78 is 39.9. The zero-order chi connectivity index (χ0) is 13.6. The highest BCUT2D eigenvalue weighted by molar-refractivity contribution is 6.30. The van der Waals surface area contributed by atoms with E-state index in [4.69, 9.17) is 11.6 Å². The third-order valence-electron chi connectivity index (χ3n) is 2.33. The molecule has 0 radical (unpaired) electrons. The molecule has 1 rings (SSSR count). The molecular formula is C12H15ClF3NO. The highest BCUT2D eigenvalue weighted by Crippen LogP contribution is 2.16. The van der Waals surface area contributed by atoms with Crippen LogP contribution < -0.4 is 5.32 Å². The van der Waals surface area contributed by atoms with E-state index in [1.54, 1.807) is 12.1 Å². The molecule has 0 heterocycles. The van der Waals surface area contributed by atoms with Gasteiger partial charge in [0.05, 0.1) is 6.61 Å². The van der Waals surface area contributed by atoms with Gasteiger partial charge in [-0.15, -0.1) is 0 Å². The topological polar surface area (TPSA) is 21.3 Å². The lowest BCUT2D eigenvalue weighted by Gasteiger charge is -2.14. The Hall–Kier alpha value is -0.780. The standard InChI is InChI=1S/C12H15ClF3NO/c1-9(10-2-4-11(13)5-3-10)17-6-7-18-8-12(14,15)16/h2-5,9,17H,6-8H2,1H3. The molecule has 1 aromatic rings. The molecule has 0 fully saturated rings. The van der Waals surface area contributed by atoms with Crippen molar-refractivity contribution in [1.82, 2.24) is 5.32 Å². The summed E-state index contributed by atoms with van der Waals surface area (Å²) in [5.74, 6) is 0. The number of nitrogens with one attached hydrogen (secondary N) is 1. The lowest BCUT2D eigenvalue weighted by atomic mass is 10.1. The van der Waals surface area contributed by atoms with Crippen LogP contribution in [0.5, 0.6) is 0 Å². The third kappa shape index (κ3) is 6.23. The Morgan fingerprint density at radius 3 is 2.44 bits per heavy atom. The van der Waals surface area contributed by atoms with Crippen LogP contribution in [0.2, 0.25) is 5.02 Å². The maximum Gasteiger partial charge on any atom is 0.411 e. The fraction of sp³-hybridized carbons (Fsp3) is 0.500. The summed E-state index contributed by atoms with van der Waals surface area (Å²) in [6.45, 7) is 1.11. The molecule has 1 aromatic carbocycles. The van der Waals surface area contributed by atoms with E-state index in [2.05, 4.69) is 10.1 Å². The molecule has 102 valence electrons. The Morgan fingerprint density at radius 1 is 1.28 bits per heavy atom. The second kappa shape index (κ2) is 6.97. The summed E-state index contributed by atoms with van der Waals surface area (Å²) in [7, 11) is 0. The van der Waals surface area contributed by atoms with Crippen LogP contribution in [0.3, 0.4) is 0 Å². The fourth-order valence-electron chi connectivity index (χ4n) is 1.40. The zero-order valence-corrected chi connectivity index (χ0v) is 10.7. The third-order valence-corrected chi connectivity index (χ3v) is 2.58. The number of alkyl halides is 3. The average Bonchev–Trinajstić information content (AvgIpc) is 2.27. The van der Waals surface area contributed by atoms with E-state index in [-0.39, 0.29) is 12.6 Å². The van der Waals surface area contributed by atoms with Crippen molar-refractivity contribution in [1.29, 1.82) is 0 Å². The summed E-state index contributed by atoms with van der Waals surface area (Å²) >= 11 is 5.76. The molecule has 0 aliphatic rings. The number of hydrogen-bond donors (Lipinski definition) is 1. The van der Waals surface area contributed by atoms with Gasteiger partial charge in [0.25, 0.3) is 0 Å². The smallest absolute Gasteiger partial charge is 0.371 e. The minimum absolute atomic E-state index is 0.0252. The van der Waals surface area contributed by atoms with Crippen molar-refractivity contribution >= 4 is 11.6 Å². The predicted octanol–water partition coefficient (Wildman–Crippen LogP) is 3.57. The Balaban J connectivity index is 2.21. The molecule has 0 saturated heterocycles. The average molecular weight is 282 g/mol. The molecule has 18 heavy (non-hydrogen) atoms. The van der Waals surface area contributed by atoms with Gasteiger partial charge >= 0.3 is 6.18 Å². The van der Waals surface area contributed by atoms with E-state index in [0.29, 0.717) is 11.6 Å². The van der Waals surface area contributed by atoms with Gasteiger partial charge in [-0.3, -0.25) is 0 Å². The molecule has 0 bridgehead atoms. The van der Waals surface area contributed by atoms with E-state index in [0.717, 1.165) is 5.56 Å². The van der Waals surface area contributed by atoms with Crippen LogP contribution in [0.1, 0.15) is 18.5 Å². The summed E-state index contributed by atoms with van der Waals surface area (Å²) in [4.78, 5) is 0. The molecule has 2 nitrogen and oxygen atoms in total. The van der Waals surface area contributed by atoms with Gasteiger partial charge in [-0.05, 0) is 24.6 Å². The van der Waals surface area contributed by atoms with Crippen LogP contribution in [0, 0.1) is 0 Å². The molecular weight excluding hydrogens is 267 g/mol. The Morgan fingerprint density at radius 2 is 1.89 bits per heavy atom. The number of benzene rings is 1. The van der Waals surface area contributed by atoms with Crippen molar-refractivity contribution in [3.8, 4) is 0 Å². The second-order valence-electron chi connectivity index (χ2n) is 3.90. The minimum atomic E-state index is -4.26. The first kappa shape index (κ1) is 15.3. The molecule has 0 aliphatic carbocycles. The van der Waals surface area contributed by atoms with Gasteiger partial charge in [0.2, 0.25) is 0 Å². The molecule has 0 spiro atoms. The van der Waals surface area contributed by atoms with Crippen molar-refractivity contribution in [2.75, 3.05) is 19.8 Å². The van der Waals surface area contributed by atoms with Crippen molar-refractivity contribution in [3.63, 3.8) is 0 Å². The summed E-state index contributed by atoms with van der Waals surface area (Å²) in [5, 5.41) is 3.72. The Kier molecular flexibility index (Phi) is 5.91. The lowest BCUT2D eigenvalue weighted by Crippen LogP contribution is -2.25. The first-order valence-corrected chi connectivity index (χ1v) is 5.89. The van der Waals surface area contributed by atoms with E-state index >= 15 is 0 Å². The largest absolute Gasteiger partial charge is 0.411 e. The van der Waals surface area contributed by atoms with Crippen molar-refractivity contribution in [3.05, 3.63) is 34.9 Å². The minimum Gasteiger partial charge on any atom is -0.371 e. The zero-order valence-electron chi connectivity index (χ0n) is 9.93.